The van der Waals surface area contributed by atoms with Gasteiger partial charge < -0.3 is 41.1 Å². The Morgan fingerprint density at radius 3 is 1.54 bits per heavy atom. The zero-order chi connectivity index (χ0) is 39.9. The van der Waals surface area contributed by atoms with Gasteiger partial charge in [-0.05, 0) is 61.0 Å². The first-order valence-electron chi connectivity index (χ1n) is 17.2. The lowest BCUT2D eigenvalue weighted by molar-refractivity contribution is 0.0963. The molecule has 4 heterocycles. The Kier molecular flexibility index (Phi) is 17.6. The van der Waals surface area contributed by atoms with Crippen LogP contribution in [0, 0.1) is 18.6 Å². The lowest BCUT2D eigenvalue weighted by Crippen LogP contribution is -2.38. The number of benzene rings is 3. The highest BCUT2D eigenvalue weighted by Crippen LogP contribution is 2.30. The van der Waals surface area contributed by atoms with Crippen molar-refractivity contribution in [2.75, 3.05) is 95.0 Å². The summed E-state index contributed by atoms with van der Waals surface area (Å²) >= 11 is 0. The van der Waals surface area contributed by atoms with Crippen molar-refractivity contribution in [2.45, 2.75) is 24.0 Å². The number of hydrogen-bond donors (Lipinski definition) is 2. The SMILES string of the molecule is Cc1cccc(S(=O)(=O)Cl)c1.NC[C@H]1CN(c2ccc(N3CCS(=O)CC3)c(F)c2)C(=O)O1.O.O.O=C1O[C@@H](CO)CN1c1ccc(N2CCS(=O)CC2)c(F)c1. The third-order valence-electron chi connectivity index (χ3n) is 9.01. The van der Waals surface area contributed by atoms with Crippen LogP contribution in [-0.2, 0) is 40.1 Å². The van der Waals surface area contributed by atoms with Crippen molar-refractivity contribution in [3.05, 3.63) is 77.9 Å². The van der Waals surface area contributed by atoms with Gasteiger partial charge in [0, 0.05) is 88.0 Å². The highest BCUT2D eigenvalue weighted by atomic mass is 35.7. The molecule has 2 amide bonds. The molecule has 22 heteroatoms. The van der Waals surface area contributed by atoms with E-state index in [4.69, 9.17) is 31.0 Å². The van der Waals surface area contributed by atoms with Gasteiger partial charge in [-0.2, -0.15) is 0 Å². The number of ether oxygens (including phenoxy) is 2. The molecule has 0 spiro atoms. The average Bonchev–Trinajstić information content (AvgIpc) is 3.74. The van der Waals surface area contributed by atoms with E-state index in [2.05, 4.69) is 0 Å². The number of anilines is 4. The molecule has 4 fully saturated rings. The fourth-order valence-corrected chi connectivity index (χ4v) is 9.01. The van der Waals surface area contributed by atoms with Crippen LogP contribution in [0.4, 0.5) is 41.1 Å². The molecule has 316 valence electrons. The monoisotopic (exact) mass is 881 g/mol. The second-order valence-corrected chi connectivity index (χ2v) is 18.8. The number of cyclic esters (lactones) is 2. The van der Waals surface area contributed by atoms with Crippen molar-refractivity contribution in [1.29, 1.82) is 0 Å². The maximum Gasteiger partial charge on any atom is 0.414 e. The van der Waals surface area contributed by atoms with Crippen LogP contribution < -0.4 is 25.3 Å². The van der Waals surface area contributed by atoms with E-state index in [1.807, 2.05) is 22.8 Å². The van der Waals surface area contributed by atoms with Gasteiger partial charge in [0.15, 0.2) is 0 Å². The first-order valence-corrected chi connectivity index (χ1v) is 22.5. The van der Waals surface area contributed by atoms with E-state index < -0.39 is 60.6 Å². The van der Waals surface area contributed by atoms with Gasteiger partial charge in [0.1, 0.15) is 23.8 Å². The number of hydrogen-bond acceptors (Lipinski definition) is 12. The van der Waals surface area contributed by atoms with Gasteiger partial charge in [0.2, 0.25) is 0 Å². The number of aliphatic hydroxyl groups excluding tert-OH is 1. The van der Waals surface area contributed by atoms with E-state index in [1.54, 1.807) is 30.3 Å². The van der Waals surface area contributed by atoms with E-state index in [0.29, 0.717) is 78.5 Å². The highest BCUT2D eigenvalue weighted by molar-refractivity contribution is 8.13. The number of aliphatic hydroxyl groups is 1. The number of halogens is 3. The summed E-state index contributed by atoms with van der Waals surface area (Å²) in [6.45, 7) is 4.59. The summed E-state index contributed by atoms with van der Waals surface area (Å²) in [6, 6.07) is 15.7. The second kappa shape index (κ2) is 21.2. The minimum Gasteiger partial charge on any atom is -0.443 e. The Labute approximate surface area is 338 Å². The van der Waals surface area contributed by atoms with E-state index in [9.17, 15) is 35.2 Å². The first-order chi connectivity index (χ1) is 26.2. The Bertz CT molecular complexity index is 1910. The number of aryl methyl sites for hydroxylation is 1. The molecular weight excluding hydrogens is 836 g/mol. The molecule has 57 heavy (non-hydrogen) atoms. The van der Waals surface area contributed by atoms with Crippen LogP contribution in [0.25, 0.3) is 0 Å². The molecule has 0 aliphatic carbocycles. The van der Waals surface area contributed by atoms with E-state index >= 15 is 0 Å². The second-order valence-electron chi connectivity index (χ2n) is 12.8. The van der Waals surface area contributed by atoms with Gasteiger partial charge in [0.25, 0.3) is 9.05 Å². The van der Waals surface area contributed by atoms with E-state index in [-0.39, 0.29) is 41.6 Å². The first kappa shape index (κ1) is 47.4. The summed E-state index contributed by atoms with van der Waals surface area (Å²) in [7, 11) is -0.0679. The van der Waals surface area contributed by atoms with Crippen LogP contribution in [0.1, 0.15) is 5.56 Å². The van der Waals surface area contributed by atoms with Crippen LogP contribution in [0.15, 0.2) is 65.6 Å². The van der Waals surface area contributed by atoms with Crippen LogP contribution >= 0.6 is 10.7 Å². The fraction of sp³-hybridized carbons (Fsp3) is 0.429. The Balaban J connectivity index is 0.000000238. The molecule has 4 aliphatic rings. The van der Waals surface area contributed by atoms with Crippen molar-refractivity contribution in [3.8, 4) is 0 Å². The molecule has 0 unspecified atom stereocenters. The van der Waals surface area contributed by atoms with Crippen LogP contribution in [0.2, 0.25) is 0 Å². The average molecular weight is 882 g/mol. The van der Waals surface area contributed by atoms with Crippen LogP contribution in [0.5, 0.6) is 0 Å². The third kappa shape index (κ3) is 12.5. The molecule has 3 aromatic carbocycles. The maximum atomic E-state index is 14.4. The normalized spacial score (nSPS) is 20.0. The topological polar surface area (TPSA) is 243 Å². The lowest BCUT2D eigenvalue weighted by atomic mass is 10.2. The van der Waals surface area contributed by atoms with E-state index in [0.717, 1.165) is 5.56 Å². The molecule has 16 nitrogen and oxygen atoms in total. The largest absolute Gasteiger partial charge is 0.443 e. The van der Waals surface area contributed by atoms with Gasteiger partial charge in [0.05, 0.1) is 47.3 Å². The molecular formula is C35H46ClF2N5O11S3. The molecule has 3 aromatic rings. The Hall–Kier alpha value is -3.96. The summed E-state index contributed by atoms with van der Waals surface area (Å²) in [6.07, 6.45) is -2.02. The number of nitrogens with zero attached hydrogens (tertiary/aromatic N) is 4. The van der Waals surface area contributed by atoms with Gasteiger partial charge in [-0.1, -0.05) is 12.1 Å². The molecule has 4 aliphatic heterocycles. The summed E-state index contributed by atoms with van der Waals surface area (Å²) in [5.41, 5.74) is 8.16. The number of rotatable bonds is 7. The Morgan fingerprint density at radius 2 is 1.21 bits per heavy atom. The minimum absolute atomic E-state index is 0. The molecule has 2 atom stereocenters. The Morgan fingerprint density at radius 1 is 0.772 bits per heavy atom. The third-order valence-corrected chi connectivity index (χ3v) is 12.9. The summed E-state index contributed by atoms with van der Waals surface area (Å²) in [4.78, 5) is 30.0. The van der Waals surface area contributed by atoms with Crippen molar-refractivity contribution >= 4 is 76.3 Å². The van der Waals surface area contributed by atoms with Gasteiger partial charge in [-0.15, -0.1) is 0 Å². The van der Waals surface area contributed by atoms with E-state index in [1.165, 1.54) is 34.1 Å². The van der Waals surface area contributed by atoms with Crippen molar-refractivity contribution in [2.24, 2.45) is 5.73 Å². The van der Waals surface area contributed by atoms with Crippen LogP contribution in [-0.4, -0.2) is 133 Å². The van der Waals surface area contributed by atoms with Gasteiger partial charge in [-0.3, -0.25) is 18.2 Å². The molecule has 7 N–H and O–H groups in total. The lowest BCUT2D eigenvalue weighted by Gasteiger charge is -2.29. The van der Waals surface area contributed by atoms with Crippen molar-refractivity contribution in [1.82, 2.24) is 0 Å². The zero-order valence-electron chi connectivity index (χ0n) is 30.9. The smallest absolute Gasteiger partial charge is 0.414 e. The number of carbonyl (C=O) groups is 2. The molecule has 7 rings (SSSR count). The van der Waals surface area contributed by atoms with Crippen molar-refractivity contribution in [3.63, 3.8) is 0 Å². The number of amides is 2. The standard InChI is InChI=1S/C14H18FN3O3S.C14H17FN2O4S.C7H7ClO2S.2H2O/c15-12-7-10(18-9-11(8-16)21-14(18)19)1-2-13(12)17-3-5-22(20)6-4-17;15-12-7-10(17-8-11(9-18)21-14(17)19)1-2-13(12)16-3-5-22(20)6-4-16;1-6-3-2-4-7(5-6)11(8,9)10;;/h1-2,7,11H,3-6,8-9,16H2;1-2,7,11,18H,3-6,8-9H2;2-5H,1H3;2*1H2/t2*11-;;;/m01.../s1. The summed E-state index contributed by atoms with van der Waals surface area (Å²) in [5, 5.41) is 9.03. The van der Waals surface area contributed by atoms with Crippen molar-refractivity contribution < 1.29 is 60.7 Å². The summed E-state index contributed by atoms with van der Waals surface area (Å²) in [5.74, 6) is 1.37. The fourth-order valence-electron chi connectivity index (χ4n) is 6.05. The molecule has 0 bridgehead atoms. The summed E-state index contributed by atoms with van der Waals surface area (Å²) < 4.78 is 83.0. The molecule has 4 saturated heterocycles. The number of nitrogens with two attached hydrogens (primary N) is 1. The molecule has 0 aromatic heterocycles. The predicted molar refractivity (Wildman–Crippen MR) is 216 cm³/mol. The molecule has 0 saturated carbocycles. The quantitative estimate of drug-likeness (QED) is 0.322. The highest BCUT2D eigenvalue weighted by Gasteiger charge is 2.33. The van der Waals surface area contributed by atoms with Crippen LogP contribution in [0.3, 0.4) is 0 Å². The maximum absolute atomic E-state index is 14.4. The zero-order valence-corrected chi connectivity index (χ0v) is 34.1. The predicted octanol–water partition coefficient (Wildman–Crippen LogP) is 1.66. The molecule has 0 radical (unpaired) electrons. The van der Waals surface area contributed by atoms with Gasteiger partial charge in [-0.25, -0.2) is 26.8 Å². The minimum atomic E-state index is -3.55. The number of carbonyl (C=O) groups excluding carboxylic acids is 2. The van der Waals surface area contributed by atoms with Gasteiger partial charge >= 0.3 is 12.2 Å².